The van der Waals surface area contributed by atoms with Gasteiger partial charge >= 0.3 is 6.01 Å². The van der Waals surface area contributed by atoms with Crippen molar-refractivity contribution >= 4 is 33.4 Å². The lowest BCUT2D eigenvalue weighted by Gasteiger charge is -2.37. The zero-order valence-corrected chi connectivity index (χ0v) is 35.2. The summed E-state index contributed by atoms with van der Waals surface area (Å²) in [5, 5.41) is 19.9. The van der Waals surface area contributed by atoms with Crippen LogP contribution in [0.25, 0.3) is 32.9 Å². The fourth-order valence-corrected chi connectivity index (χ4v) is 9.73. The summed E-state index contributed by atoms with van der Waals surface area (Å²) >= 11 is 0. The van der Waals surface area contributed by atoms with Gasteiger partial charge in [0.1, 0.15) is 29.4 Å². The Morgan fingerprint density at radius 2 is 1.69 bits per heavy atom. The maximum absolute atomic E-state index is 17.0. The number of anilines is 1. The molecule has 4 aliphatic heterocycles. The van der Waals surface area contributed by atoms with E-state index in [1.54, 1.807) is 18.3 Å². The predicted octanol–water partition coefficient (Wildman–Crippen LogP) is 6.94. The van der Waals surface area contributed by atoms with E-state index >= 15 is 4.39 Å². The van der Waals surface area contributed by atoms with Crippen molar-refractivity contribution in [1.82, 2.24) is 35.4 Å². The largest absolute Gasteiger partial charge is 0.508 e. The average Bonchev–Trinajstić information content (AvgIpc) is 3.54. The van der Waals surface area contributed by atoms with Crippen molar-refractivity contribution in [1.29, 1.82) is 0 Å². The maximum Gasteiger partial charge on any atom is 0.319 e. The Kier molecular flexibility index (Phi) is 12.1. The number of nitrogens with one attached hydrogen (secondary N) is 2. The normalized spacial score (nSPS) is 21.9. The molecule has 58 heavy (non-hydrogen) atoms. The molecule has 12 heteroatoms. The van der Waals surface area contributed by atoms with Crippen LogP contribution in [0.1, 0.15) is 85.1 Å². The molecule has 2 aromatic carbocycles. The van der Waals surface area contributed by atoms with E-state index in [1.807, 2.05) is 18.2 Å². The topological polar surface area (TPSA) is 119 Å². The number of piperidine rings is 2. The fraction of sp³-hybridized carbons (Fsp3) is 0.609. The first-order valence-electron chi connectivity index (χ1n) is 21.9. The predicted molar refractivity (Wildman–Crippen MR) is 229 cm³/mol. The number of hydrogen-bond donors (Lipinski definition) is 3. The molecule has 0 spiro atoms. The Hall–Kier alpha value is -4.13. The second kappa shape index (κ2) is 17.2. The first-order chi connectivity index (χ1) is 27.9. The van der Waals surface area contributed by atoms with Gasteiger partial charge in [0.2, 0.25) is 5.91 Å². The highest BCUT2D eigenvalue weighted by Gasteiger charge is 2.35. The van der Waals surface area contributed by atoms with Gasteiger partial charge in [0.05, 0.1) is 11.9 Å². The molecule has 4 aromatic rings. The van der Waals surface area contributed by atoms with Gasteiger partial charge in [0, 0.05) is 49.5 Å². The molecule has 3 atom stereocenters. The minimum Gasteiger partial charge on any atom is -0.508 e. The van der Waals surface area contributed by atoms with Gasteiger partial charge in [-0.25, -0.2) is 4.39 Å². The van der Waals surface area contributed by atoms with E-state index < -0.39 is 5.82 Å². The zero-order valence-electron chi connectivity index (χ0n) is 35.2. The number of pyridine rings is 1. The second-order valence-corrected chi connectivity index (χ2v) is 18.7. The number of carbonyl (C=O) groups excluding carboxylic acids is 1. The van der Waals surface area contributed by atoms with Gasteiger partial charge in [-0.1, -0.05) is 45.9 Å². The van der Waals surface area contributed by atoms with E-state index in [2.05, 4.69) is 60.0 Å². The highest BCUT2D eigenvalue weighted by molar-refractivity contribution is 6.01. The van der Waals surface area contributed by atoms with Crippen LogP contribution in [0, 0.1) is 23.1 Å². The first kappa shape index (κ1) is 40.6. The van der Waals surface area contributed by atoms with E-state index in [0.717, 1.165) is 93.2 Å². The van der Waals surface area contributed by atoms with Crippen molar-refractivity contribution in [3.8, 4) is 23.0 Å². The number of ether oxygens (including phenoxy) is 1. The number of carbonyl (C=O) groups is 1. The molecule has 0 aliphatic carbocycles. The second-order valence-electron chi connectivity index (χ2n) is 18.7. The number of benzene rings is 2. The number of amides is 1. The summed E-state index contributed by atoms with van der Waals surface area (Å²) in [7, 11) is 0. The molecule has 4 aliphatic rings. The third-order valence-electron chi connectivity index (χ3n) is 13.6. The molecule has 312 valence electrons. The van der Waals surface area contributed by atoms with Crippen LogP contribution in [-0.4, -0.2) is 113 Å². The van der Waals surface area contributed by atoms with Crippen molar-refractivity contribution in [2.75, 3.05) is 63.9 Å². The summed E-state index contributed by atoms with van der Waals surface area (Å²) in [5.74, 6) is 1.79. The average molecular weight is 795 g/mol. The van der Waals surface area contributed by atoms with Crippen molar-refractivity contribution in [3.63, 3.8) is 0 Å². The number of rotatable bonds is 12. The minimum atomic E-state index is -0.536. The van der Waals surface area contributed by atoms with Crippen LogP contribution in [-0.2, 0) is 11.2 Å². The highest BCUT2D eigenvalue weighted by atomic mass is 19.1. The summed E-state index contributed by atoms with van der Waals surface area (Å²) in [6.07, 6.45) is 10.7. The maximum atomic E-state index is 17.0. The molecule has 3 N–H and O–H groups in total. The molecule has 2 aromatic heterocycles. The van der Waals surface area contributed by atoms with Gasteiger partial charge in [-0.15, -0.1) is 0 Å². The lowest BCUT2D eigenvalue weighted by atomic mass is 9.83. The van der Waals surface area contributed by atoms with Crippen molar-refractivity contribution in [2.24, 2.45) is 17.3 Å². The number of nitrogens with zero attached hydrogens (tertiary/aromatic N) is 6. The van der Waals surface area contributed by atoms with Crippen molar-refractivity contribution in [2.45, 2.75) is 104 Å². The molecule has 1 amide bonds. The molecule has 11 nitrogen and oxygen atoms in total. The van der Waals surface area contributed by atoms with Crippen LogP contribution in [0.15, 0.2) is 36.5 Å². The number of aryl methyl sites for hydroxylation is 1. The van der Waals surface area contributed by atoms with Crippen LogP contribution in [0.3, 0.4) is 0 Å². The first-order valence-corrected chi connectivity index (χ1v) is 21.9. The molecule has 4 fully saturated rings. The van der Waals surface area contributed by atoms with Gasteiger partial charge in [0.15, 0.2) is 5.82 Å². The summed E-state index contributed by atoms with van der Waals surface area (Å²) in [5.41, 5.74) is 2.01. The number of fused-ring (bicyclic) bond motifs is 4. The number of halogens is 1. The molecule has 2 bridgehead atoms. The van der Waals surface area contributed by atoms with E-state index in [4.69, 9.17) is 19.7 Å². The van der Waals surface area contributed by atoms with Crippen molar-refractivity contribution in [3.05, 3.63) is 47.9 Å². The standard InChI is InChI=1S/C46H63FN8O3/c1-6-32-8-7-9-33-23-36(56)24-37(40(32)33)42-41(47)43-38(25-48-42)44(55-26-34-10-11-35(27-55)50-34)52-45(51-43)58-21-20-53-16-12-30(13-17-53)22-31-14-18-54(19-15-31)28-39(57)49-29(2)46(3,4)5/h7-9,23-25,29-31,34-35,50,56H,6,10-22,26-28H2,1-5H3,(H,49,57). The van der Waals surface area contributed by atoms with Crippen LogP contribution in [0.4, 0.5) is 10.2 Å². The molecule has 0 radical (unpaired) electrons. The summed E-state index contributed by atoms with van der Waals surface area (Å²) < 4.78 is 23.3. The third-order valence-corrected chi connectivity index (χ3v) is 13.6. The number of aromatic hydroxyl groups is 1. The van der Waals surface area contributed by atoms with Crippen LogP contribution >= 0.6 is 0 Å². The van der Waals surface area contributed by atoms with E-state index in [-0.39, 0.29) is 40.3 Å². The lowest BCUT2D eigenvalue weighted by Crippen LogP contribution is -2.51. The molecular formula is C46H63FN8O3. The summed E-state index contributed by atoms with van der Waals surface area (Å²) in [6.45, 7) is 18.0. The zero-order chi connectivity index (χ0) is 40.6. The highest BCUT2D eigenvalue weighted by Crippen LogP contribution is 2.39. The van der Waals surface area contributed by atoms with E-state index in [0.29, 0.717) is 42.0 Å². The quantitative estimate of drug-likeness (QED) is 0.139. The molecule has 4 saturated heterocycles. The molecule has 0 saturated carbocycles. The number of aromatic nitrogens is 3. The molecule has 8 rings (SSSR count). The lowest BCUT2D eigenvalue weighted by molar-refractivity contribution is -0.123. The SMILES string of the molecule is CCc1cccc2cc(O)cc(-c3ncc4c(N5CC6CCC(C5)N6)nc(OCCN5CCC(CC6CCN(CC(=O)NC(C)C(C)(C)C)CC6)CC5)nc4c3F)c12. The minimum absolute atomic E-state index is 0.0569. The molecule has 6 heterocycles. The number of piperazine rings is 1. The Morgan fingerprint density at radius 1 is 1.00 bits per heavy atom. The molecular weight excluding hydrogens is 732 g/mol. The van der Waals surface area contributed by atoms with Gasteiger partial charge in [-0.2, -0.15) is 9.97 Å². The Morgan fingerprint density at radius 3 is 2.36 bits per heavy atom. The Balaban J connectivity index is 0.907. The summed E-state index contributed by atoms with van der Waals surface area (Å²) in [6, 6.07) is 10.3. The van der Waals surface area contributed by atoms with Crippen molar-refractivity contribution < 1.29 is 19.0 Å². The van der Waals surface area contributed by atoms with E-state index in [1.165, 1.54) is 32.1 Å². The third kappa shape index (κ3) is 9.04. The van der Waals surface area contributed by atoms with Gasteiger partial charge in [0.25, 0.3) is 0 Å². The number of hydrogen-bond acceptors (Lipinski definition) is 10. The fourth-order valence-electron chi connectivity index (χ4n) is 9.73. The monoisotopic (exact) mass is 795 g/mol. The Labute approximate surface area is 343 Å². The van der Waals surface area contributed by atoms with Gasteiger partial charge in [-0.3, -0.25) is 19.6 Å². The van der Waals surface area contributed by atoms with E-state index in [9.17, 15) is 9.90 Å². The van der Waals surface area contributed by atoms with Crippen LogP contribution in [0.5, 0.6) is 11.8 Å². The number of phenols is 1. The summed E-state index contributed by atoms with van der Waals surface area (Å²) in [4.78, 5) is 34.0. The smallest absolute Gasteiger partial charge is 0.319 e. The van der Waals surface area contributed by atoms with Crippen LogP contribution in [0.2, 0.25) is 0 Å². The van der Waals surface area contributed by atoms with Gasteiger partial charge < -0.3 is 25.4 Å². The number of phenolic OH excluding ortho intramolecular Hbond substituents is 1. The molecule has 3 unspecified atom stereocenters. The number of likely N-dealkylation sites (tertiary alicyclic amines) is 2. The van der Waals surface area contributed by atoms with Gasteiger partial charge in [-0.05, 0) is 130 Å². The van der Waals surface area contributed by atoms with Crippen LogP contribution < -0.4 is 20.3 Å². The Bertz CT molecular complexity index is 2080.